The quantitative estimate of drug-likeness (QED) is 0.698. The largest absolute Gasteiger partial charge is 0.469 e. The van der Waals surface area contributed by atoms with Crippen LogP contribution in [-0.4, -0.2) is 54.7 Å². The van der Waals surface area contributed by atoms with Crippen LogP contribution in [0.5, 0.6) is 0 Å². The van der Waals surface area contributed by atoms with Crippen LogP contribution in [0.4, 0.5) is 4.79 Å². The van der Waals surface area contributed by atoms with E-state index < -0.39 is 29.1 Å². The van der Waals surface area contributed by atoms with Crippen LogP contribution in [0.15, 0.2) is 24.3 Å². The maximum Gasteiger partial charge on any atom is 0.408 e. The van der Waals surface area contributed by atoms with Gasteiger partial charge in [-0.3, -0.25) is 9.59 Å². The van der Waals surface area contributed by atoms with Crippen LogP contribution in [0.1, 0.15) is 53.0 Å². The zero-order chi connectivity index (χ0) is 23.6. The van der Waals surface area contributed by atoms with Crippen molar-refractivity contribution in [3.63, 3.8) is 0 Å². The lowest BCUT2D eigenvalue weighted by molar-refractivity contribution is -0.145. The van der Waals surface area contributed by atoms with Crippen molar-refractivity contribution in [1.82, 2.24) is 10.2 Å². The summed E-state index contributed by atoms with van der Waals surface area (Å²) < 4.78 is 10.3. The number of methoxy groups -OCH3 is 1. The first-order chi connectivity index (χ1) is 14.2. The summed E-state index contributed by atoms with van der Waals surface area (Å²) in [6.45, 7) is 11.5. The van der Waals surface area contributed by atoms with Crippen LogP contribution in [0.3, 0.4) is 0 Å². The lowest BCUT2D eigenvalue weighted by Gasteiger charge is -2.34. The van der Waals surface area contributed by atoms with Gasteiger partial charge in [0.1, 0.15) is 11.6 Å². The van der Waals surface area contributed by atoms with Crippen molar-refractivity contribution < 1.29 is 23.9 Å². The SMILES string of the molecule is COC(=O)[C@@H]1CN(C(=O)[C@@H](NC(=O)OC(C)(C)C)C(C)(C)C)C[C@H]1c1ccc(Cl)cc1. The summed E-state index contributed by atoms with van der Waals surface area (Å²) in [5.74, 6) is -1.36. The zero-order valence-electron chi connectivity index (χ0n) is 19.3. The molecule has 1 aliphatic rings. The standard InChI is InChI=1S/C23H33ClN2O5/c1-22(2,3)18(25-21(29)31-23(4,5)6)19(27)26-12-16(17(13-26)20(28)30-7)14-8-10-15(24)11-9-14/h8-11,16-18H,12-13H2,1-7H3,(H,25,29)/t16-,17+,18+/m0/s1. The van der Waals surface area contributed by atoms with Gasteiger partial charge in [0.15, 0.2) is 0 Å². The predicted octanol–water partition coefficient (Wildman–Crippen LogP) is 3.99. The number of benzene rings is 1. The molecule has 3 atom stereocenters. The molecule has 0 saturated carbocycles. The number of carbonyl (C=O) groups is 3. The molecule has 0 bridgehead atoms. The molecular formula is C23H33ClN2O5. The van der Waals surface area contributed by atoms with Gasteiger partial charge in [0, 0.05) is 24.0 Å². The van der Waals surface area contributed by atoms with E-state index in [1.165, 1.54) is 7.11 Å². The summed E-state index contributed by atoms with van der Waals surface area (Å²) >= 11 is 6.00. The highest BCUT2D eigenvalue weighted by Crippen LogP contribution is 2.35. The minimum absolute atomic E-state index is 0.210. The van der Waals surface area contributed by atoms with Crippen LogP contribution in [0.25, 0.3) is 0 Å². The summed E-state index contributed by atoms with van der Waals surface area (Å²) in [7, 11) is 1.34. The Kier molecular flexibility index (Phi) is 7.63. The number of esters is 1. The van der Waals surface area contributed by atoms with Crippen molar-refractivity contribution >= 4 is 29.6 Å². The van der Waals surface area contributed by atoms with Gasteiger partial charge in [-0.1, -0.05) is 44.5 Å². The van der Waals surface area contributed by atoms with Gasteiger partial charge in [0.05, 0.1) is 13.0 Å². The number of rotatable bonds is 4. The van der Waals surface area contributed by atoms with E-state index in [1.54, 1.807) is 37.8 Å². The Morgan fingerprint density at radius 1 is 1.06 bits per heavy atom. The van der Waals surface area contributed by atoms with Gasteiger partial charge in [-0.2, -0.15) is 0 Å². The topological polar surface area (TPSA) is 84.9 Å². The number of alkyl carbamates (subject to hydrolysis) is 1. The number of nitrogens with one attached hydrogen (secondary N) is 1. The lowest BCUT2D eigenvalue weighted by Crippen LogP contribution is -2.55. The third-order valence-electron chi connectivity index (χ3n) is 5.21. The molecule has 0 aliphatic carbocycles. The second-order valence-corrected chi connectivity index (χ2v) is 10.4. The Morgan fingerprint density at radius 3 is 2.13 bits per heavy atom. The number of likely N-dealkylation sites (tertiary alicyclic amines) is 1. The Hall–Kier alpha value is -2.28. The average molecular weight is 453 g/mol. The Labute approximate surface area is 189 Å². The minimum Gasteiger partial charge on any atom is -0.469 e. The molecule has 1 aromatic rings. The van der Waals surface area contributed by atoms with E-state index in [0.717, 1.165) is 5.56 Å². The summed E-state index contributed by atoms with van der Waals surface area (Å²) in [6, 6.07) is 6.42. The molecule has 0 unspecified atom stereocenters. The average Bonchev–Trinajstić information content (AvgIpc) is 3.08. The Morgan fingerprint density at radius 2 is 1.65 bits per heavy atom. The molecule has 0 radical (unpaired) electrons. The zero-order valence-corrected chi connectivity index (χ0v) is 20.1. The number of halogens is 1. The number of hydrogen-bond acceptors (Lipinski definition) is 5. The molecular weight excluding hydrogens is 420 g/mol. The number of nitrogens with zero attached hydrogens (tertiary/aromatic N) is 1. The molecule has 0 aromatic heterocycles. The molecule has 0 spiro atoms. The second-order valence-electron chi connectivity index (χ2n) is 9.98. The first kappa shape index (κ1) is 25.0. The molecule has 1 heterocycles. The molecule has 31 heavy (non-hydrogen) atoms. The van der Waals surface area contributed by atoms with Gasteiger partial charge in [-0.05, 0) is 43.9 Å². The van der Waals surface area contributed by atoms with E-state index in [2.05, 4.69) is 5.32 Å². The third kappa shape index (κ3) is 6.60. The molecule has 1 N–H and O–H groups in total. The molecule has 172 valence electrons. The van der Waals surface area contributed by atoms with Gasteiger partial charge in [0.25, 0.3) is 0 Å². The van der Waals surface area contributed by atoms with E-state index >= 15 is 0 Å². The highest BCUT2D eigenvalue weighted by atomic mass is 35.5. The fraction of sp³-hybridized carbons (Fsp3) is 0.609. The summed E-state index contributed by atoms with van der Waals surface area (Å²) in [5, 5.41) is 3.32. The number of ether oxygens (including phenoxy) is 2. The molecule has 1 saturated heterocycles. The monoisotopic (exact) mass is 452 g/mol. The lowest BCUT2D eigenvalue weighted by atomic mass is 9.86. The smallest absolute Gasteiger partial charge is 0.408 e. The fourth-order valence-corrected chi connectivity index (χ4v) is 3.80. The van der Waals surface area contributed by atoms with Crippen molar-refractivity contribution in [1.29, 1.82) is 0 Å². The van der Waals surface area contributed by atoms with Crippen molar-refractivity contribution in [2.75, 3.05) is 20.2 Å². The maximum absolute atomic E-state index is 13.5. The van der Waals surface area contributed by atoms with E-state index in [-0.39, 0.29) is 24.3 Å². The maximum atomic E-state index is 13.5. The van der Waals surface area contributed by atoms with Gasteiger partial charge in [-0.25, -0.2) is 4.79 Å². The van der Waals surface area contributed by atoms with Gasteiger partial charge in [-0.15, -0.1) is 0 Å². The first-order valence-corrected chi connectivity index (χ1v) is 10.7. The van der Waals surface area contributed by atoms with Crippen LogP contribution >= 0.6 is 11.6 Å². The normalized spacial score (nSPS) is 20.2. The molecule has 2 amide bonds. The Balaban J connectivity index is 2.27. The summed E-state index contributed by atoms with van der Waals surface area (Å²) in [4.78, 5) is 39.9. The van der Waals surface area contributed by atoms with Crippen molar-refractivity contribution in [3.05, 3.63) is 34.9 Å². The number of hydrogen-bond donors (Lipinski definition) is 1. The molecule has 1 aromatic carbocycles. The summed E-state index contributed by atoms with van der Waals surface area (Å²) in [5.41, 5.74) is -0.339. The number of carbonyl (C=O) groups excluding carboxylic acids is 3. The molecule has 2 rings (SSSR count). The van der Waals surface area contributed by atoms with Gasteiger partial charge >= 0.3 is 12.1 Å². The Bertz CT molecular complexity index is 811. The highest BCUT2D eigenvalue weighted by molar-refractivity contribution is 6.30. The fourth-order valence-electron chi connectivity index (χ4n) is 3.68. The van der Waals surface area contributed by atoms with E-state index in [4.69, 9.17) is 21.1 Å². The molecule has 1 fully saturated rings. The van der Waals surface area contributed by atoms with E-state index in [0.29, 0.717) is 11.6 Å². The van der Waals surface area contributed by atoms with Crippen molar-refractivity contribution in [2.24, 2.45) is 11.3 Å². The number of amides is 2. The molecule has 1 aliphatic heterocycles. The van der Waals surface area contributed by atoms with Crippen molar-refractivity contribution in [2.45, 2.75) is 59.1 Å². The van der Waals surface area contributed by atoms with E-state index in [9.17, 15) is 14.4 Å². The van der Waals surface area contributed by atoms with Crippen LogP contribution in [0, 0.1) is 11.3 Å². The second kappa shape index (κ2) is 9.47. The van der Waals surface area contributed by atoms with Gasteiger partial charge in [0.2, 0.25) is 5.91 Å². The predicted molar refractivity (Wildman–Crippen MR) is 119 cm³/mol. The molecule has 7 nitrogen and oxygen atoms in total. The first-order valence-electron chi connectivity index (χ1n) is 10.3. The van der Waals surface area contributed by atoms with E-state index in [1.807, 2.05) is 32.9 Å². The van der Waals surface area contributed by atoms with Crippen molar-refractivity contribution in [3.8, 4) is 0 Å². The highest BCUT2D eigenvalue weighted by Gasteiger charge is 2.45. The van der Waals surface area contributed by atoms with Crippen LogP contribution < -0.4 is 5.32 Å². The van der Waals surface area contributed by atoms with Crippen LogP contribution in [0.2, 0.25) is 5.02 Å². The van der Waals surface area contributed by atoms with Gasteiger partial charge < -0.3 is 19.7 Å². The van der Waals surface area contributed by atoms with Crippen LogP contribution in [-0.2, 0) is 19.1 Å². The minimum atomic E-state index is -0.815. The summed E-state index contributed by atoms with van der Waals surface area (Å²) in [6.07, 6.45) is -0.654. The third-order valence-corrected chi connectivity index (χ3v) is 5.46. The molecule has 8 heteroatoms.